The quantitative estimate of drug-likeness (QED) is 0.894. The molecule has 1 aliphatic heterocycles. The standard InChI is InChI=1S/C16H19NO2/c1-16(2)18-10-15(11-19-16)17-14-8-7-12-5-3-4-6-13(12)9-14/h3-9,15,17H,10-11H2,1-2H3. The van der Waals surface area contributed by atoms with Crippen LogP contribution in [0.25, 0.3) is 10.8 Å². The van der Waals surface area contributed by atoms with Crippen LogP contribution < -0.4 is 5.32 Å². The minimum absolute atomic E-state index is 0.203. The molecule has 0 aliphatic carbocycles. The predicted octanol–water partition coefficient (Wildman–Crippen LogP) is 3.40. The van der Waals surface area contributed by atoms with E-state index in [-0.39, 0.29) is 6.04 Å². The van der Waals surface area contributed by atoms with Crippen LogP contribution in [0, 0.1) is 0 Å². The van der Waals surface area contributed by atoms with Gasteiger partial charge in [-0.05, 0) is 36.8 Å². The number of hydrogen-bond donors (Lipinski definition) is 1. The van der Waals surface area contributed by atoms with Crippen LogP contribution in [0.1, 0.15) is 13.8 Å². The van der Waals surface area contributed by atoms with Gasteiger partial charge in [-0.3, -0.25) is 0 Å². The first-order valence-electron chi connectivity index (χ1n) is 6.66. The highest BCUT2D eigenvalue weighted by Crippen LogP contribution is 2.22. The fraction of sp³-hybridized carbons (Fsp3) is 0.375. The van der Waals surface area contributed by atoms with E-state index in [4.69, 9.17) is 9.47 Å². The molecule has 3 rings (SSSR count). The summed E-state index contributed by atoms with van der Waals surface area (Å²) in [5.41, 5.74) is 1.11. The minimum atomic E-state index is -0.457. The maximum Gasteiger partial charge on any atom is 0.162 e. The van der Waals surface area contributed by atoms with Gasteiger partial charge in [0, 0.05) is 5.69 Å². The van der Waals surface area contributed by atoms with Crippen molar-refractivity contribution in [2.45, 2.75) is 25.7 Å². The predicted molar refractivity (Wildman–Crippen MR) is 77.3 cm³/mol. The van der Waals surface area contributed by atoms with E-state index in [9.17, 15) is 0 Å². The second kappa shape index (κ2) is 4.83. The molecule has 0 spiro atoms. The molecule has 100 valence electrons. The van der Waals surface area contributed by atoms with Gasteiger partial charge in [-0.25, -0.2) is 0 Å². The first-order valence-corrected chi connectivity index (χ1v) is 6.66. The van der Waals surface area contributed by atoms with Crippen LogP contribution in [0.5, 0.6) is 0 Å². The van der Waals surface area contributed by atoms with Crippen molar-refractivity contribution in [1.82, 2.24) is 0 Å². The van der Waals surface area contributed by atoms with Crippen LogP contribution >= 0.6 is 0 Å². The zero-order valence-electron chi connectivity index (χ0n) is 11.3. The van der Waals surface area contributed by atoms with Gasteiger partial charge in [-0.15, -0.1) is 0 Å². The summed E-state index contributed by atoms with van der Waals surface area (Å²) in [7, 11) is 0. The number of fused-ring (bicyclic) bond motifs is 1. The molecule has 0 aromatic heterocycles. The maximum atomic E-state index is 5.65. The number of rotatable bonds is 2. The zero-order chi connectivity index (χ0) is 13.3. The van der Waals surface area contributed by atoms with E-state index in [1.54, 1.807) is 0 Å². The van der Waals surface area contributed by atoms with E-state index in [2.05, 4.69) is 47.8 Å². The van der Waals surface area contributed by atoms with Crippen LogP contribution in [0.2, 0.25) is 0 Å². The fourth-order valence-corrected chi connectivity index (χ4v) is 2.29. The van der Waals surface area contributed by atoms with Crippen molar-refractivity contribution in [3.8, 4) is 0 Å². The molecule has 0 saturated carbocycles. The lowest BCUT2D eigenvalue weighted by Gasteiger charge is -2.35. The van der Waals surface area contributed by atoms with Crippen molar-refractivity contribution in [2.75, 3.05) is 18.5 Å². The summed E-state index contributed by atoms with van der Waals surface area (Å²) in [6, 6.07) is 15.0. The summed E-state index contributed by atoms with van der Waals surface area (Å²) in [6.07, 6.45) is 0. The van der Waals surface area contributed by atoms with Crippen LogP contribution in [0.15, 0.2) is 42.5 Å². The fourth-order valence-electron chi connectivity index (χ4n) is 2.29. The first-order chi connectivity index (χ1) is 9.12. The molecule has 0 unspecified atom stereocenters. The third-order valence-corrected chi connectivity index (χ3v) is 3.38. The van der Waals surface area contributed by atoms with E-state index < -0.39 is 5.79 Å². The van der Waals surface area contributed by atoms with E-state index in [0.717, 1.165) is 5.69 Å². The molecular formula is C16H19NO2. The molecule has 0 amide bonds. The minimum Gasteiger partial charge on any atom is -0.378 e. The Labute approximate surface area is 113 Å². The number of ether oxygens (including phenoxy) is 2. The number of hydrogen-bond acceptors (Lipinski definition) is 3. The van der Waals surface area contributed by atoms with Crippen molar-refractivity contribution in [3.63, 3.8) is 0 Å². The summed E-state index contributed by atoms with van der Waals surface area (Å²) in [6.45, 7) is 5.22. The highest BCUT2D eigenvalue weighted by atomic mass is 16.7. The third kappa shape index (κ3) is 2.88. The average molecular weight is 257 g/mol. The smallest absolute Gasteiger partial charge is 0.162 e. The molecule has 1 aliphatic rings. The Hall–Kier alpha value is -1.58. The van der Waals surface area contributed by atoms with Crippen LogP contribution in [-0.2, 0) is 9.47 Å². The SMILES string of the molecule is CC1(C)OCC(Nc2ccc3ccccc3c2)CO1. The molecule has 2 aromatic carbocycles. The van der Waals surface area contributed by atoms with Crippen molar-refractivity contribution in [2.24, 2.45) is 0 Å². The Balaban J connectivity index is 1.72. The molecule has 3 nitrogen and oxygen atoms in total. The van der Waals surface area contributed by atoms with Crippen LogP contribution in [0.4, 0.5) is 5.69 Å². The molecule has 2 aromatic rings. The van der Waals surface area contributed by atoms with Crippen molar-refractivity contribution in [3.05, 3.63) is 42.5 Å². The molecule has 0 atom stereocenters. The van der Waals surface area contributed by atoms with E-state index in [1.807, 2.05) is 13.8 Å². The summed E-state index contributed by atoms with van der Waals surface area (Å²) >= 11 is 0. The Morgan fingerprint density at radius 2 is 1.68 bits per heavy atom. The van der Waals surface area contributed by atoms with Gasteiger partial charge in [0.25, 0.3) is 0 Å². The van der Waals surface area contributed by atoms with E-state index >= 15 is 0 Å². The normalized spacial score (nSPS) is 19.5. The molecule has 0 radical (unpaired) electrons. The average Bonchev–Trinajstić information content (AvgIpc) is 2.41. The second-order valence-electron chi connectivity index (χ2n) is 5.43. The Morgan fingerprint density at radius 1 is 1.00 bits per heavy atom. The Kier molecular flexibility index (Phi) is 3.17. The van der Waals surface area contributed by atoms with Crippen molar-refractivity contribution < 1.29 is 9.47 Å². The molecule has 3 heteroatoms. The van der Waals surface area contributed by atoms with Crippen LogP contribution in [-0.4, -0.2) is 25.0 Å². The molecule has 1 fully saturated rings. The molecule has 1 heterocycles. The summed E-state index contributed by atoms with van der Waals surface area (Å²) in [4.78, 5) is 0. The lowest BCUT2D eigenvalue weighted by molar-refractivity contribution is -0.247. The number of nitrogens with one attached hydrogen (secondary N) is 1. The summed E-state index contributed by atoms with van der Waals surface area (Å²) in [5.74, 6) is -0.457. The Morgan fingerprint density at radius 3 is 2.42 bits per heavy atom. The highest BCUT2D eigenvalue weighted by Gasteiger charge is 2.28. The summed E-state index contributed by atoms with van der Waals surface area (Å²) < 4.78 is 11.3. The lowest BCUT2D eigenvalue weighted by Crippen LogP contribution is -2.45. The van der Waals surface area contributed by atoms with Gasteiger partial charge in [0.2, 0.25) is 0 Å². The molecule has 19 heavy (non-hydrogen) atoms. The van der Waals surface area contributed by atoms with Gasteiger partial charge in [0.1, 0.15) is 0 Å². The zero-order valence-corrected chi connectivity index (χ0v) is 11.3. The lowest BCUT2D eigenvalue weighted by atomic mass is 10.1. The van der Waals surface area contributed by atoms with Crippen LogP contribution in [0.3, 0.4) is 0 Å². The van der Waals surface area contributed by atoms with Gasteiger partial charge in [-0.2, -0.15) is 0 Å². The van der Waals surface area contributed by atoms with Gasteiger partial charge in [0.05, 0.1) is 19.3 Å². The molecule has 1 N–H and O–H groups in total. The Bertz CT molecular complexity index is 570. The number of benzene rings is 2. The second-order valence-corrected chi connectivity index (χ2v) is 5.43. The van der Waals surface area contributed by atoms with Gasteiger partial charge in [-0.1, -0.05) is 30.3 Å². The largest absolute Gasteiger partial charge is 0.378 e. The van der Waals surface area contributed by atoms with Crippen molar-refractivity contribution in [1.29, 1.82) is 0 Å². The van der Waals surface area contributed by atoms with E-state index in [0.29, 0.717) is 13.2 Å². The maximum absolute atomic E-state index is 5.65. The molecule has 1 saturated heterocycles. The molecular weight excluding hydrogens is 238 g/mol. The van der Waals surface area contributed by atoms with Gasteiger partial charge in [0.15, 0.2) is 5.79 Å². The van der Waals surface area contributed by atoms with E-state index in [1.165, 1.54) is 10.8 Å². The first kappa shape index (κ1) is 12.5. The molecule has 0 bridgehead atoms. The topological polar surface area (TPSA) is 30.5 Å². The summed E-state index contributed by atoms with van der Waals surface area (Å²) in [5, 5.41) is 5.96. The number of anilines is 1. The highest BCUT2D eigenvalue weighted by molar-refractivity contribution is 5.85. The monoisotopic (exact) mass is 257 g/mol. The van der Waals surface area contributed by atoms with Gasteiger partial charge < -0.3 is 14.8 Å². The third-order valence-electron chi connectivity index (χ3n) is 3.38. The van der Waals surface area contributed by atoms with Gasteiger partial charge >= 0.3 is 0 Å². The van der Waals surface area contributed by atoms with Crippen molar-refractivity contribution >= 4 is 16.5 Å².